The monoisotopic (exact) mass is 336 g/mol. The first-order valence-electron chi connectivity index (χ1n) is 7.53. The molecule has 2 rings (SSSR count). The van der Waals surface area contributed by atoms with Crippen LogP contribution in [-0.2, 0) is 23.2 Å². The second-order valence-electron chi connectivity index (χ2n) is 5.78. The standard InChI is InChI=1S/C18H22.H2O4S/c1-15(13-17-9-5-3-6-10-17)16(2)14-18-11-7-4-8-12-18;1-5(2,3)4/h3-12,15-16H,13-14H2,1-2H3;(H2,1,2,3,4). The second kappa shape index (κ2) is 9.45. The van der Waals surface area contributed by atoms with E-state index < -0.39 is 10.4 Å². The zero-order chi connectivity index (χ0) is 17.3. The van der Waals surface area contributed by atoms with E-state index in [4.69, 9.17) is 17.5 Å². The Morgan fingerprint density at radius 1 is 0.739 bits per heavy atom. The fraction of sp³-hybridized carbons (Fsp3) is 0.333. The molecule has 2 atom stereocenters. The van der Waals surface area contributed by atoms with Crippen LogP contribution in [0.1, 0.15) is 25.0 Å². The number of benzene rings is 2. The maximum atomic E-state index is 8.74. The summed E-state index contributed by atoms with van der Waals surface area (Å²) >= 11 is 0. The van der Waals surface area contributed by atoms with Crippen LogP contribution in [-0.4, -0.2) is 17.5 Å². The van der Waals surface area contributed by atoms with Crippen LogP contribution < -0.4 is 0 Å². The summed E-state index contributed by atoms with van der Waals surface area (Å²) in [7, 11) is -4.67. The molecule has 0 saturated heterocycles. The average Bonchev–Trinajstić information content (AvgIpc) is 2.47. The highest BCUT2D eigenvalue weighted by molar-refractivity contribution is 7.79. The average molecular weight is 336 g/mol. The quantitative estimate of drug-likeness (QED) is 0.806. The molecule has 0 saturated carbocycles. The van der Waals surface area contributed by atoms with Crippen LogP contribution in [0.3, 0.4) is 0 Å². The van der Waals surface area contributed by atoms with Gasteiger partial charge in [-0.05, 0) is 35.8 Å². The fourth-order valence-corrected chi connectivity index (χ4v) is 2.37. The van der Waals surface area contributed by atoms with E-state index in [-0.39, 0.29) is 0 Å². The van der Waals surface area contributed by atoms with Crippen molar-refractivity contribution in [1.82, 2.24) is 0 Å². The van der Waals surface area contributed by atoms with Crippen molar-refractivity contribution >= 4 is 10.4 Å². The first-order chi connectivity index (χ1) is 10.8. The molecule has 0 radical (unpaired) electrons. The molecule has 0 fully saturated rings. The summed E-state index contributed by atoms with van der Waals surface area (Å²) in [6.07, 6.45) is 2.35. The third-order valence-corrected chi connectivity index (χ3v) is 3.77. The van der Waals surface area contributed by atoms with Crippen molar-refractivity contribution in [2.75, 3.05) is 0 Å². The minimum Gasteiger partial charge on any atom is -0.264 e. The molecular formula is C18H24O4S. The Balaban J connectivity index is 0.000000463. The highest BCUT2D eigenvalue weighted by Gasteiger charge is 2.13. The van der Waals surface area contributed by atoms with Crippen LogP contribution >= 0.6 is 0 Å². The zero-order valence-corrected chi connectivity index (χ0v) is 14.3. The van der Waals surface area contributed by atoms with Crippen molar-refractivity contribution in [3.63, 3.8) is 0 Å². The van der Waals surface area contributed by atoms with Crippen LogP contribution in [0.15, 0.2) is 60.7 Å². The summed E-state index contributed by atoms with van der Waals surface area (Å²) in [5, 5.41) is 0. The second-order valence-corrected chi connectivity index (χ2v) is 6.68. The van der Waals surface area contributed by atoms with Gasteiger partial charge in [0.15, 0.2) is 0 Å². The van der Waals surface area contributed by atoms with E-state index in [1.54, 1.807) is 0 Å². The Hall–Kier alpha value is -1.69. The normalized spacial score (nSPS) is 13.6. The van der Waals surface area contributed by atoms with E-state index in [1.807, 2.05) is 0 Å². The van der Waals surface area contributed by atoms with E-state index in [0.29, 0.717) is 11.8 Å². The molecule has 4 nitrogen and oxygen atoms in total. The van der Waals surface area contributed by atoms with E-state index in [2.05, 4.69) is 74.5 Å². The third-order valence-electron chi connectivity index (χ3n) is 3.77. The van der Waals surface area contributed by atoms with Gasteiger partial charge in [-0.1, -0.05) is 74.5 Å². The summed E-state index contributed by atoms with van der Waals surface area (Å²) < 4.78 is 31.6. The number of rotatable bonds is 5. The molecule has 2 aromatic rings. The Bertz CT molecular complexity index is 600. The molecule has 0 bridgehead atoms. The molecule has 2 aromatic carbocycles. The summed E-state index contributed by atoms with van der Waals surface area (Å²) in [5.41, 5.74) is 2.90. The van der Waals surface area contributed by atoms with Crippen LogP contribution in [0.4, 0.5) is 0 Å². The first-order valence-corrected chi connectivity index (χ1v) is 8.93. The zero-order valence-electron chi connectivity index (χ0n) is 13.5. The van der Waals surface area contributed by atoms with Gasteiger partial charge < -0.3 is 0 Å². The lowest BCUT2D eigenvalue weighted by Crippen LogP contribution is -2.13. The summed E-state index contributed by atoms with van der Waals surface area (Å²) in [6, 6.07) is 21.6. The molecule has 126 valence electrons. The molecular weight excluding hydrogens is 312 g/mol. The van der Waals surface area contributed by atoms with Gasteiger partial charge in [-0.3, -0.25) is 9.11 Å². The van der Waals surface area contributed by atoms with Gasteiger partial charge in [0.05, 0.1) is 0 Å². The molecule has 0 aliphatic rings. The molecule has 0 aliphatic carbocycles. The number of hydrogen-bond acceptors (Lipinski definition) is 2. The lowest BCUT2D eigenvalue weighted by molar-refractivity contribution is 0.381. The van der Waals surface area contributed by atoms with Crippen molar-refractivity contribution in [3.8, 4) is 0 Å². The summed E-state index contributed by atoms with van der Waals surface area (Å²) in [5.74, 6) is 1.43. The molecule has 2 N–H and O–H groups in total. The fourth-order valence-electron chi connectivity index (χ4n) is 2.37. The SMILES string of the molecule is CC(Cc1ccccc1)C(C)Cc1ccccc1.O=S(=O)(O)O. The molecule has 0 aliphatic heterocycles. The largest absolute Gasteiger partial charge is 0.394 e. The smallest absolute Gasteiger partial charge is 0.264 e. The van der Waals surface area contributed by atoms with Gasteiger partial charge in [-0.2, -0.15) is 8.42 Å². The van der Waals surface area contributed by atoms with Crippen LogP contribution in [0.5, 0.6) is 0 Å². The van der Waals surface area contributed by atoms with Crippen molar-refractivity contribution in [1.29, 1.82) is 0 Å². The van der Waals surface area contributed by atoms with E-state index >= 15 is 0 Å². The van der Waals surface area contributed by atoms with Gasteiger partial charge in [-0.25, -0.2) is 0 Å². The highest BCUT2D eigenvalue weighted by Crippen LogP contribution is 2.20. The van der Waals surface area contributed by atoms with Gasteiger partial charge in [0.1, 0.15) is 0 Å². The summed E-state index contributed by atoms with van der Waals surface area (Å²) in [6.45, 7) is 4.72. The Morgan fingerprint density at radius 2 is 1.00 bits per heavy atom. The van der Waals surface area contributed by atoms with Gasteiger partial charge >= 0.3 is 10.4 Å². The first kappa shape index (κ1) is 19.4. The minimum absolute atomic E-state index is 0.715. The molecule has 0 amide bonds. The molecule has 5 heteroatoms. The van der Waals surface area contributed by atoms with Crippen LogP contribution in [0.2, 0.25) is 0 Å². The Kier molecular flexibility index (Phi) is 7.95. The van der Waals surface area contributed by atoms with Crippen LogP contribution in [0.25, 0.3) is 0 Å². The van der Waals surface area contributed by atoms with Crippen molar-refractivity contribution in [2.45, 2.75) is 26.7 Å². The van der Waals surface area contributed by atoms with Crippen LogP contribution in [0, 0.1) is 11.8 Å². The molecule has 23 heavy (non-hydrogen) atoms. The van der Waals surface area contributed by atoms with Crippen molar-refractivity contribution in [2.24, 2.45) is 11.8 Å². The predicted octanol–water partition coefficient (Wildman–Crippen LogP) is 4.09. The third kappa shape index (κ3) is 9.84. The Morgan fingerprint density at radius 3 is 1.26 bits per heavy atom. The van der Waals surface area contributed by atoms with Gasteiger partial charge in [0.25, 0.3) is 0 Å². The summed E-state index contributed by atoms with van der Waals surface area (Å²) in [4.78, 5) is 0. The maximum Gasteiger partial charge on any atom is 0.394 e. The highest BCUT2D eigenvalue weighted by atomic mass is 32.3. The molecule has 0 heterocycles. The molecule has 0 spiro atoms. The van der Waals surface area contributed by atoms with E-state index in [9.17, 15) is 0 Å². The minimum atomic E-state index is -4.67. The van der Waals surface area contributed by atoms with Gasteiger partial charge in [-0.15, -0.1) is 0 Å². The van der Waals surface area contributed by atoms with E-state index in [0.717, 1.165) is 0 Å². The lowest BCUT2D eigenvalue weighted by Gasteiger charge is -2.20. The van der Waals surface area contributed by atoms with E-state index in [1.165, 1.54) is 24.0 Å². The lowest BCUT2D eigenvalue weighted by atomic mass is 9.85. The van der Waals surface area contributed by atoms with Crippen molar-refractivity contribution in [3.05, 3.63) is 71.8 Å². The Labute approximate surface area is 138 Å². The van der Waals surface area contributed by atoms with Crippen molar-refractivity contribution < 1.29 is 17.5 Å². The predicted molar refractivity (Wildman–Crippen MR) is 92.8 cm³/mol. The molecule has 0 aromatic heterocycles. The van der Waals surface area contributed by atoms with Gasteiger partial charge in [0, 0.05) is 0 Å². The van der Waals surface area contributed by atoms with Gasteiger partial charge in [0.2, 0.25) is 0 Å². The molecule has 2 unspecified atom stereocenters. The number of hydrogen-bond donors (Lipinski definition) is 2. The maximum absolute atomic E-state index is 8.74. The topological polar surface area (TPSA) is 74.6 Å².